The molecular formula is C56H34N2. The van der Waals surface area contributed by atoms with E-state index in [2.05, 4.69) is 215 Å². The number of hydrogen-bond donors (Lipinski definition) is 0. The van der Waals surface area contributed by atoms with E-state index in [0.717, 1.165) is 11.4 Å². The molecule has 2 aromatic heterocycles. The van der Waals surface area contributed by atoms with Gasteiger partial charge in [0.15, 0.2) is 0 Å². The summed E-state index contributed by atoms with van der Waals surface area (Å²) in [6.45, 7) is 0. The summed E-state index contributed by atoms with van der Waals surface area (Å²) in [6, 6.07) is 76.3. The van der Waals surface area contributed by atoms with Crippen molar-refractivity contribution >= 4 is 65.2 Å². The lowest BCUT2D eigenvalue weighted by Gasteiger charge is -2.13. The number of benzene rings is 10. The van der Waals surface area contributed by atoms with Crippen LogP contribution in [0.2, 0.25) is 0 Å². The van der Waals surface area contributed by atoms with E-state index < -0.39 is 0 Å². The maximum Gasteiger partial charge on any atom is 0.0619 e. The second-order valence-corrected chi connectivity index (χ2v) is 15.7. The maximum atomic E-state index is 2.46. The van der Waals surface area contributed by atoms with Gasteiger partial charge in [0.05, 0.1) is 22.1 Å². The molecule has 10 aromatic carbocycles. The molecule has 0 aliphatic heterocycles. The summed E-state index contributed by atoms with van der Waals surface area (Å²) >= 11 is 0. The highest BCUT2D eigenvalue weighted by Gasteiger charge is 2.23. The smallest absolute Gasteiger partial charge is 0.0619 e. The summed E-state index contributed by atoms with van der Waals surface area (Å²) in [5.41, 5.74) is 17.3. The van der Waals surface area contributed by atoms with Gasteiger partial charge in [-0.1, -0.05) is 164 Å². The lowest BCUT2D eigenvalue weighted by atomic mass is 9.94. The molecule has 12 aromatic rings. The zero-order chi connectivity index (χ0) is 37.9. The van der Waals surface area contributed by atoms with Gasteiger partial charge in [-0.2, -0.15) is 0 Å². The molecule has 0 unspecified atom stereocenters. The molecule has 0 N–H and O–H groups in total. The molecule has 2 heterocycles. The molecule has 2 nitrogen and oxygen atoms in total. The zero-order valence-electron chi connectivity index (χ0n) is 31.5. The summed E-state index contributed by atoms with van der Waals surface area (Å²) in [5, 5.41) is 10.2. The first-order valence-corrected chi connectivity index (χ1v) is 20.1. The van der Waals surface area contributed by atoms with Crippen LogP contribution in [0.4, 0.5) is 0 Å². The van der Waals surface area contributed by atoms with E-state index in [1.165, 1.54) is 110 Å². The first-order chi connectivity index (χ1) is 28.8. The van der Waals surface area contributed by atoms with Crippen molar-refractivity contribution in [3.63, 3.8) is 0 Å². The van der Waals surface area contributed by atoms with E-state index in [9.17, 15) is 0 Å². The van der Waals surface area contributed by atoms with Gasteiger partial charge in [-0.05, 0) is 103 Å². The average molecular weight is 735 g/mol. The molecule has 268 valence electrons. The maximum absolute atomic E-state index is 2.46. The monoisotopic (exact) mass is 734 g/mol. The fourth-order valence-corrected chi connectivity index (χ4v) is 10.1. The van der Waals surface area contributed by atoms with E-state index in [1.807, 2.05) is 0 Å². The zero-order valence-corrected chi connectivity index (χ0v) is 31.5. The number of para-hydroxylation sites is 2. The summed E-state index contributed by atoms with van der Waals surface area (Å²) in [6.07, 6.45) is 0. The number of hydrogen-bond acceptors (Lipinski definition) is 0. The summed E-state index contributed by atoms with van der Waals surface area (Å²) in [4.78, 5) is 0. The Morgan fingerprint density at radius 1 is 0.259 bits per heavy atom. The predicted octanol–water partition coefficient (Wildman–Crippen LogP) is 15.2. The van der Waals surface area contributed by atoms with Gasteiger partial charge in [0.25, 0.3) is 0 Å². The summed E-state index contributed by atoms with van der Waals surface area (Å²) in [5.74, 6) is 0. The summed E-state index contributed by atoms with van der Waals surface area (Å²) in [7, 11) is 0. The molecule has 0 saturated heterocycles. The van der Waals surface area contributed by atoms with Crippen LogP contribution in [-0.4, -0.2) is 9.13 Å². The van der Waals surface area contributed by atoms with Gasteiger partial charge >= 0.3 is 0 Å². The van der Waals surface area contributed by atoms with Crippen molar-refractivity contribution in [2.24, 2.45) is 0 Å². The van der Waals surface area contributed by atoms with Gasteiger partial charge in [0.1, 0.15) is 0 Å². The fraction of sp³-hybridized carbons (Fsp3) is 0. The molecular weight excluding hydrogens is 701 g/mol. The highest BCUT2D eigenvalue weighted by atomic mass is 15.0. The van der Waals surface area contributed by atoms with Crippen molar-refractivity contribution in [2.45, 2.75) is 0 Å². The van der Waals surface area contributed by atoms with Crippen LogP contribution in [0.3, 0.4) is 0 Å². The molecule has 0 radical (unpaired) electrons. The standard InChI is InChI=1S/C56H34N2/c1-2-14-39(15-3-1)58-54-34-37(26-28-47(54)51-29-24-35-12-4-5-17-42(35)56(51)58)36-25-27-46-45-20-8-9-23-52(45)57(53(46)33-36)40-16-10-13-38(32-40)41-30-31-50-44-19-7-6-18-43(44)49-22-11-21-48(41)55(49)50/h1-34H. The Labute approximate surface area is 335 Å². The third kappa shape index (κ3) is 4.37. The minimum absolute atomic E-state index is 1.15. The van der Waals surface area contributed by atoms with Gasteiger partial charge in [-0.3, -0.25) is 0 Å². The molecule has 0 amide bonds. The second kappa shape index (κ2) is 11.9. The first kappa shape index (κ1) is 31.5. The Bertz CT molecular complexity index is 3650. The van der Waals surface area contributed by atoms with Gasteiger partial charge in [0.2, 0.25) is 0 Å². The summed E-state index contributed by atoms with van der Waals surface area (Å²) < 4.78 is 4.91. The Morgan fingerprint density at radius 3 is 1.66 bits per heavy atom. The van der Waals surface area contributed by atoms with Gasteiger partial charge in [0, 0.05) is 38.3 Å². The Balaban J connectivity index is 1.01. The molecule has 0 bridgehead atoms. The van der Waals surface area contributed by atoms with E-state index in [-0.39, 0.29) is 0 Å². The Kier molecular flexibility index (Phi) is 6.47. The fourth-order valence-electron chi connectivity index (χ4n) is 10.1. The number of fused-ring (bicyclic) bond motifs is 11. The van der Waals surface area contributed by atoms with Crippen molar-refractivity contribution in [2.75, 3.05) is 0 Å². The van der Waals surface area contributed by atoms with Crippen LogP contribution in [0.15, 0.2) is 206 Å². The van der Waals surface area contributed by atoms with Crippen LogP contribution in [-0.2, 0) is 0 Å². The van der Waals surface area contributed by atoms with E-state index >= 15 is 0 Å². The largest absolute Gasteiger partial charge is 0.309 e. The second-order valence-electron chi connectivity index (χ2n) is 15.7. The molecule has 0 fully saturated rings. The van der Waals surface area contributed by atoms with E-state index in [4.69, 9.17) is 0 Å². The molecule has 58 heavy (non-hydrogen) atoms. The highest BCUT2D eigenvalue weighted by Crippen LogP contribution is 2.49. The molecule has 2 heteroatoms. The predicted molar refractivity (Wildman–Crippen MR) is 245 cm³/mol. The van der Waals surface area contributed by atoms with Crippen molar-refractivity contribution < 1.29 is 0 Å². The Morgan fingerprint density at radius 2 is 0.828 bits per heavy atom. The van der Waals surface area contributed by atoms with Gasteiger partial charge < -0.3 is 9.13 Å². The molecule has 0 saturated carbocycles. The molecule has 0 spiro atoms. The van der Waals surface area contributed by atoms with E-state index in [0.29, 0.717) is 0 Å². The lowest BCUT2D eigenvalue weighted by Crippen LogP contribution is -1.95. The lowest BCUT2D eigenvalue weighted by molar-refractivity contribution is 1.18. The SMILES string of the molecule is c1ccc(-n2c3cc(-c4ccc5c6ccccc6n(-c6cccc(-c7ccc8c9c(cccc79)-c7ccccc7-8)c6)c5c4)ccc3c3ccc4ccccc4c32)cc1. The van der Waals surface area contributed by atoms with Crippen molar-refractivity contribution in [1.82, 2.24) is 9.13 Å². The van der Waals surface area contributed by atoms with Crippen LogP contribution in [0.1, 0.15) is 0 Å². The normalized spacial score (nSPS) is 12.1. The molecule has 13 rings (SSSR count). The topological polar surface area (TPSA) is 9.86 Å². The van der Waals surface area contributed by atoms with Crippen molar-refractivity contribution in [1.29, 1.82) is 0 Å². The number of rotatable bonds is 4. The minimum Gasteiger partial charge on any atom is -0.309 e. The quantitative estimate of drug-likeness (QED) is 0.170. The van der Waals surface area contributed by atoms with Gasteiger partial charge in [-0.15, -0.1) is 0 Å². The third-order valence-electron chi connectivity index (χ3n) is 12.6. The van der Waals surface area contributed by atoms with Crippen molar-refractivity contribution in [3.05, 3.63) is 206 Å². The van der Waals surface area contributed by atoms with E-state index in [1.54, 1.807) is 0 Å². The van der Waals surface area contributed by atoms with Crippen LogP contribution < -0.4 is 0 Å². The molecule has 0 atom stereocenters. The molecule has 1 aliphatic carbocycles. The highest BCUT2D eigenvalue weighted by molar-refractivity contribution is 6.20. The molecule has 1 aliphatic rings. The number of aromatic nitrogens is 2. The van der Waals surface area contributed by atoms with Crippen LogP contribution in [0.25, 0.3) is 121 Å². The van der Waals surface area contributed by atoms with Crippen LogP contribution >= 0.6 is 0 Å². The van der Waals surface area contributed by atoms with Crippen LogP contribution in [0.5, 0.6) is 0 Å². The van der Waals surface area contributed by atoms with Crippen LogP contribution in [0, 0.1) is 0 Å². The first-order valence-electron chi connectivity index (χ1n) is 20.1. The van der Waals surface area contributed by atoms with Gasteiger partial charge in [-0.25, -0.2) is 0 Å². The third-order valence-corrected chi connectivity index (χ3v) is 12.6. The minimum atomic E-state index is 1.15. The Hall–Kier alpha value is -7.68. The average Bonchev–Trinajstić information content (AvgIpc) is 3.93. The number of nitrogens with zero attached hydrogens (tertiary/aromatic N) is 2. The van der Waals surface area contributed by atoms with Crippen molar-refractivity contribution in [3.8, 4) is 55.9 Å².